The van der Waals surface area contributed by atoms with Gasteiger partial charge in [0, 0.05) is 33.6 Å². The van der Waals surface area contributed by atoms with Crippen molar-refractivity contribution >= 4 is 58.3 Å². The number of carbonyl (C=O) groups excluding carboxylic acids is 3. The van der Waals surface area contributed by atoms with Gasteiger partial charge < -0.3 is 10.6 Å². The fourth-order valence-corrected chi connectivity index (χ4v) is 5.95. The lowest BCUT2D eigenvalue weighted by Gasteiger charge is -2.27. The predicted molar refractivity (Wildman–Crippen MR) is 190 cm³/mol. The fourth-order valence-electron chi connectivity index (χ4n) is 4.89. The second-order valence-corrected chi connectivity index (χ2v) is 11.8. The molecule has 240 valence electrons. The molecule has 9 nitrogen and oxygen atoms in total. The van der Waals surface area contributed by atoms with Gasteiger partial charge in [0.05, 0.1) is 15.7 Å². The Bertz CT molecular complexity index is 1900. The minimum absolute atomic E-state index is 0.0901. The quantitative estimate of drug-likeness (QED) is 0.0604. The normalized spacial score (nSPS) is 11.6. The van der Waals surface area contributed by atoms with Crippen molar-refractivity contribution in [3.63, 3.8) is 0 Å². The summed E-state index contributed by atoms with van der Waals surface area (Å²) in [6.45, 7) is 1.95. The van der Waals surface area contributed by atoms with Gasteiger partial charge in [-0.2, -0.15) is 0 Å². The number of carbonyl (C=O) groups is 3. The number of para-hydroxylation sites is 3. The Labute approximate surface area is 282 Å². The summed E-state index contributed by atoms with van der Waals surface area (Å²) in [5.41, 5.74) is 1.99. The van der Waals surface area contributed by atoms with E-state index < -0.39 is 22.0 Å². The van der Waals surface area contributed by atoms with Crippen LogP contribution in [0.2, 0.25) is 0 Å². The van der Waals surface area contributed by atoms with E-state index in [9.17, 15) is 24.5 Å². The monoisotopic (exact) mass is 656 g/mol. The van der Waals surface area contributed by atoms with Gasteiger partial charge in [0.2, 0.25) is 5.91 Å². The molecule has 1 unspecified atom stereocenters. The Hall–Kier alpha value is -6.00. The third-order valence-corrected chi connectivity index (χ3v) is 8.57. The van der Waals surface area contributed by atoms with Crippen LogP contribution in [-0.4, -0.2) is 27.9 Å². The highest BCUT2D eigenvalue weighted by Crippen LogP contribution is 2.33. The average molecular weight is 657 g/mol. The summed E-state index contributed by atoms with van der Waals surface area (Å²) in [5, 5.41) is 16.6. The lowest BCUT2D eigenvalue weighted by atomic mass is 10.1. The molecule has 2 N–H and O–H groups in total. The number of nitro benzene ring substituents is 1. The van der Waals surface area contributed by atoms with E-state index >= 15 is 0 Å². The molecule has 0 aromatic heterocycles. The molecule has 5 aromatic rings. The zero-order valence-corrected chi connectivity index (χ0v) is 26.8. The second-order valence-electron chi connectivity index (χ2n) is 10.5. The van der Waals surface area contributed by atoms with Crippen LogP contribution in [0.25, 0.3) is 6.08 Å². The molecule has 0 aliphatic carbocycles. The first-order chi connectivity index (χ1) is 23.3. The molecule has 0 bridgehead atoms. The van der Waals surface area contributed by atoms with Crippen molar-refractivity contribution in [1.82, 2.24) is 5.32 Å². The van der Waals surface area contributed by atoms with Crippen LogP contribution in [0.15, 0.2) is 150 Å². The first-order valence-corrected chi connectivity index (χ1v) is 16.1. The maximum absolute atomic E-state index is 14.0. The number of nitrogens with one attached hydrogen (secondary N) is 2. The topological polar surface area (TPSA) is 122 Å². The molecule has 3 amide bonds. The van der Waals surface area contributed by atoms with E-state index in [4.69, 9.17) is 0 Å². The smallest absolute Gasteiger partial charge is 0.276 e. The van der Waals surface area contributed by atoms with E-state index in [1.807, 2.05) is 73.7 Å². The second kappa shape index (κ2) is 16.0. The third kappa shape index (κ3) is 8.42. The summed E-state index contributed by atoms with van der Waals surface area (Å²) in [5.74, 6) is -1.32. The first kappa shape index (κ1) is 33.4. The van der Waals surface area contributed by atoms with Crippen LogP contribution < -0.4 is 15.5 Å². The van der Waals surface area contributed by atoms with E-state index in [0.29, 0.717) is 17.7 Å². The molecule has 5 rings (SSSR count). The Balaban J connectivity index is 1.39. The van der Waals surface area contributed by atoms with Crippen molar-refractivity contribution in [3.8, 4) is 0 Å². The molecule has 0 saturated carbocycles. The Morgan fingerprint density at radius 3 is 1.98 bits per heavy atom. The molecule has 48 heavy (non-hydrogen) atoms. The minimum Gasteiger partial charge on any atom is -0.321 e. The van der Waals surface area contributed by atoms with E-state index in [0.717, 1.165) is 16.3 Å². The number of amides is 3. The van der Waals surface area contributed by atoms with Gasteiger partial charge >= 0.3 is 0 Å². The van der Waals surface area contributed by atoms with Crippen molar-refractivity contribution in [2.45, 2.75) is 23.5 Å². The Kier molecular flexibility index (Phi) is 11.1. The number of hydrogen-bond donors (Lipinski definition) is 2. The molecule has 0 spiro atoms. The number of nitro groups is 1. The van der Waals surface area contributed by atoms with Gasteiger partial charge in [-0.05, 0) is 73.2 Å². The SMILES string of the molecule is CCC(Sc1cccc(NC(=O)/C(=C\c2ccccc2[N+](=O)[O-])NC(=O)c2ccccc2)c1)C(=O)N(c1ccccc1)c1ccccc1. The lowest BCUT2D eigenvalue weighted by Crippen LogP contribution is -2.34. The largest absolute Gasteiger partial charge is 0.321 e. The highest BCUT2D eigenvalue weighted by Gasteiger charge is 2.27. The van der Waals surface area contributed by atoms with Crippen LogP contribution in [0.3, 0.4) is 0 Å². The van der Waals surface area contributed by atoms with E-state index in [2.05, 4.69) is 10.6 Å². The molecule has 0 saturated heterocycles. The van der Waals surface area contributed by atoms with Crippen LogP contribution in [0, 0.1) is 10.1 Å². The van der Waals surface area contributed by atoms with Gasteiger partial charge in [-0.15, -0.1) is 11.8 Å². The molecule has 0 heterocycles. The van der Waals surface area contributed by atoms with Crippen LogP contribution in [0.5, 0.6) is 0 Å². The summed E-state index contributed by atoms with van der Waals surface area (Å²) < 4.78 is 0. The fraction of sp³-hybridized carbons (Fsp3) is 0.0789. The molecular weight excluding hydrogens is 625 g/mol. The Morgan fingerprint density at radius 1 is 0.792 bits per heavy atom. The van der Waals surface area contributed by atoms with E-state index in [-0.39, 0.29) is 22.9 Å². The van der Waals surface area contributed by atoms with Crippen LogP contribution in [0.1, 0.15) is 29.3 Å². The van der Waals surface area contributed by atoms with Crippen molar-refractivity contribution in [1.29, 1.82) is 0 Å². The molecule has 0 aliphatic rings. The average Bonchev–Trinajstić information content (AvgIpc) is 3.12. The van der Waals surface area contributed by atoms with Gasteiger partial charge in [-0.1, -0.05) is 79.7 Å². The molecule has 10 heteroatoms. The Morgan fingerprint density at radius 2 is 1.38 bits per heavy atom. The minimum atomic E-state index is -0.679. The van der Waals surface area contributed by atoms with Crippen LogP contribution >= 0.6 is 11.8 Å². The zero-order valence-electron chi connectivity index (χ0n) is 26.0. The lowest BCUT2D eigenvalue weighted by molar-refractivity contribution is -0.385. The van der Waals surface area contributed by atoms with Crippen molar-refractivity contribution < 1.29 is 19.3 Å². The van der Waals surface area contributed by atoms with Crippen LogP contribution in [0.4, 0.5) is 22.7 Å². The number of thioether (sulfide) groups is 1. The van der Waals surface area contributed by atoms with E-state index in [1.165, 1.54) is 36.0 Å². The van der Waals surface area contributed by atoms with Gasteiger partial charge in [0.15, 0.2) is 0 Å². The number of anilines is 3. The van der Waals surface area contributed by atoms with E-state index in [1.54, 1.807) is 59.5 Å². The molecule has 0 radical (unpaired) electrons. The molecule has 1 atom stereocenters. The summed E-state index contributed by atoms with van der Waals surface area (Å²) in [7, 11) is 0. The summed E-state index contributed by atoms with van der Waals surface area (Å²) >= 11 is 1.38. The standard InChI is InChI=1S/C38H32N4O5S/c1-2-35(38(45)41(30-19-8-4-9-20-30)31-21-10-5-11-22-31)48-32-23-14-18-29(26-32)39-37(44)33(40-36(43)27-15-6-3-7-16-27)25-28-17-12-13-24-34(28)42(46)47/h3-26,35H,2H2,1H3,(H,39,44)(H,40,43)/b33-25+. The molecule has 0 fully saturated rings. The predicted octanol–water partition coefficient (Wildman–Crippen LogP) is 8.24. The highest BCUT2D eigenvalue weighted by molar-refractivity contribution is 8.00. The maximum Gasteiger partial charge on any atom is 0.276 e. The molecule has 5 aromatic carbocycles. The number of hydrogen-bond acceptors (Lipinski definition) is 6. The van der Waals surface area contributed by atoms with Gasteiger partial charge in [0.1, 0.15) is 5.70 Å². The number of nitrogens with zero attached hydrogens (tertiary/aromatic N) is 2. The van der Waals surface area contributed by atoms with Gasteiger partial charge in [0.25, 0.3) is 17.5 Å². The summed E-state index contributed by atoms with van der Waals surface area (Å²) in [4.78, 5) is 54.3. The van der Waals surface area contributed by atoms with Crippen molar-refractivity contribution in [2.24, 2.45) is 0 Å². The first-order valence-electron chi connectivity index (χ1n) is 15.2. The number of benzene rings is 5. The zero-order chi connectivity index (χ0) is 33.9. The molecule has 0 aliphatic heterocycles. The van der Waals surface area contributed by atoms with Crippen molar-refractivity contribution in [3.05, 3.63) is 166 Å². The van der Waals surface area contributed by atoms with Gasteiger partial charge in [-0.3, -0.25) is 29.4 Å². The maximum atomic E-state index is 14.0. The third-order valence-electron chi connectivity index (χ3n) is 7.23. The number of rotatable bonds is 12. The van der Waals surface area contributed by atoms with Crippen molar-refractivity contribution in [2.75, 3.05) is 10.2 Å². The van der Waals surface area contributed by atoms with Gasteiger partial charge in [-0.25, -0.2) is 0 Å². The highest BCUT2D eigenvalue weighted by atomic mass is 32.2. The van der Waals surface area contributed by atoms with Crippen LogP contribution in [-0.2, 0) is 9.59 Å². The summed E-state index contributed by atoms with van der Waals surface area (Å²) in [6.07, 6.45) is 1.82. The molecular formula is C38H32N4O5S. The summed E-state index contributed by atoms with van der Waals surface area (Å²) in [6, 6.07) is 40.3.